The fourth-order valence-corrected chi connectivity index (χ4v) is 2.97. The van der Waals surface area contributed by atoms with Gasteiger partial charge in [-0.05, 0) is 42.4 Å². The highest BCUT2D eigenvalue weighted by Gasteiger charge is 2.34. The number of hydrogen-bond donors (Lipinski definition) is 1. The van der Waals surface area contributed by atoms with Gasteiger partial charge in [0.15, 0.2) is 0 Å². The van der Waals surface area contributed by atoms with Crippen LogP contribution < -0.4 is 0 Å². The number of aliphatic hydroxyl groups excluding tert-OH is 1. The summed E-state index contributed by atoms with van der Waals surface area (Å²) in [5.74, 6) is 2.11. The smallest absolute Gasteiger partial charge is 0.0616 e. The van der Waals surface area contributed by atoms with E-state index in [0.29, 0.717) is 5.92 Å². The van der Waals surface area contributed by atoms with Crippen LogP contribution in [-0.4, -0.2) is 11.2 Å². The minimum absolute atomic E-state index is 0.0431. The van der Waals surface area contributed by atoms with Gasteiger partial charge >= 0.3 is 0 Å². The summed E-state index contributed by atoms with van der Waals surface area (Å²) in [6.45, 7) is 11.1. The van der Waals surface area contributed by atoms with Gasteiger partial charge in [0.05, 0.1) is 6.10 Å². The Kier molecular flexibility index (Phi) is 3.63. The van der Waals surface area contributed by atoms with Crippen molar-refractivity contribution in [2.24, 2.45) is 23.2 Å². The molecule has 1 saturated carbocycles. The quantitative estimate of drug-likeness (QED) is 0.684. The summed E-state index contributed by atoms with van der Waals surface area (Å²) in [6.07, 6.45) is 3.63. The normalized spacial score (nSPS) is 36.9. The van der Waals surface area contributed by atoms with E-state index in [-0.39, 0.29) is 11.5 Å². The Morgan fingerprint density at radius 2 is 1.43 bits per heavy atom. The molecule has 0 spiro atoms. The Hall–Kier alpha value is -0.0400. The van der Waals surface area contributed by atoms with Crippen LogP contribution in [0.4, 0.5) is 0 Å². The van der Waals surface area contributed by atoms with Crippen molar-refractivity contribution >= 4 is 0 Å². The molecule has 0 heterocycles. The summed E-state index contributed by atoms with van der Waals surface area (Å²) >= 11 is 0. The van der Waals surface area contributed by atoms with E-state index in [4.69, 9.17) is 0 Å². The van der Waals surface area contributed by atoms with Crippen molar-refractivity contribution in [2.75, 3.05) is 0 Å². The third-order valence-corrected chi connectivity index (χ3v) is 3.55. The van der Waals surface area contributed by atoms with Gasteiger partial charge in [0.2, 0.25) is 0 Å². The van der Waals surface area contributed by atoms with Crippen LogP contribution in [0.5, 0.6) is 0 Å². The second kappa shape index (κ2) is 4.22. The predicted octanol–water partition coefficient (Wildman–Crippen LogP) is 3.47. The minimum Gasteiger partial charge on any atom is -0.392 e. The lowest BCUT2D eigenvalue weighted by Gasteiger charge is -2.39. The standard InChI is InChI=1S/C13H26O/c1-9-6-10(2)8-11(7-9)12(14)13(3,4)5/h9-12,14H,6-8H2,1-5H3. The third kappa shape index (κ3) is 2.98. The van der Waals surface area contributed by atoms with E-state index in [1.807, 2.05) is 0 Å². The van der Waals surface area contributed by atoms with E-state index >= 15 is 0 Å². The fraction of sp³-hybridized carbons (Fsp3) is 1.00. The zero-order valence-corrected chi connectivity index (χ0v) is 10.4. The molecule has 1 aliphatic rings. The van der Waals surface area contributed by atoms with Crippen LogP contribution in [0.2, 0.25) is 0 Å². The minimum atomic E-state index is -0.132. The fourth-order valence-electron chi connectivity index (χ4n) is 2.97. The first-order chi connectivity index (χ1) is 6.30. The van der Waals surface area contributed by atoms with E-state index < -0.39 is 0 Å². The van der Waals surface area contributed by atoms with Gasteiger partial charge in [-0.2, -0.15) is 0 Å². The second-order valence-electron chi connectivity index (χ2n) is 6.49. The highest BCUT2D eigenvalue weighted by atomic mass is 16.3. The molecular formula is C13H26O. The van der Waals surface area contributed by atoms with Gasteiger partial charge in [-0.15, -0.1) is 0 Å². The third-order valence-electron chi connectivity index (χ3n) is 3.55. The molecule has 0 saturated heterocycles. The lowest BCUT2D eigenvalue weighted by atomic mass is 9.69. The molecule has 0 radical (unpaired) electrons. The zero-order valence-electron chi connectivity index (χ0n) is 10.4. The Morgan fingerprint density at radius 3 is 1.79 bits per heavy atom. The molecule has 14 heavy (non-hydrogen) atoms. The molecule has 1 rings (SSSR count). The molecular weight excluding hydrogens is 172 g/mol. The van der Waals surface area contributed by atoms with Crippen molar-refractivity contribution in [1.29, 1.82) is 0 Å². The summed E-state index contributed by atoms with van der Waals surface area (Å²) in [7, 11) is 0. The summed E-state index contributed by atoms with van der Waals surface area (Å²) in [6, 6.07) is 0. The van der Waals surface area contributed by atoms with E-state index in [1.165, 1.54) is 19.3 Å². The van der Waals surface area contributed by atoms with E-state index in [1.54, 1.807) is 0 Å². The molecule has 0 aromatic rings. The maximum Gasteiger partial charge on any atom is 0.0616 e. The van der Waals surface area contributed by atoms with Crippen LogP contribution in [0.25, 0.3) is 0 Å². The number of rotatable bonds is 1. The van der Waals surface area contributed by atoms with Gasteiger partial charge in [-0.1, -0.05) is 34.6 Å². The average Bonchev–Trinajstić information content (AvgIpc) is 1.99. The van der Waals surface area contributed by atoms with Crippen LogP contribution in [0.15, 0.2) is 0 Å². The Balaban J connectivity index is 2.59. The van der Waals surface area contributed by atoms with Crippen molar-refractivity contribution in [2.45, 2.75) is 60.0 Å². The summed E-state index contributed by atoms with van der Waals surface area (Å²) in [5, 5.41) is 10.2. The van der Waals surface area contributed by atoms with Gasteiger partial charge in [0.25, 0.3) is 0 Å². The van der Waals surface area contributed by atoms with E-state index in [9.17, 15) is 5.11 Å². The Labute approximate surface area is 88.9 Å². The van der Waals surface area contributed by atoms with Gasteiger partial charge in [-0.25, -0.2) is 0 Å². The monoisotopic (exact) mass is 198 g/mol. The predicted molar refractivity (Wildman–Crippen MR) is 61.1 cm³/mol. The first kappa shape index (κ1) is 12.0. The second-order valence-corrected chi connectivity index (χ2v) is 6.49. The molecule has 0 aromatic heterocycles. The van der Waals surface area contributed by atoms with Crippen LogP contribution in [0.3, 0.4) is 0 Å². The van der Waals surface area contributed by atoms with Crippen LogP contribution in [0.1, 0.15) is 53.9 Å². The number of aliphatic hydroxyl groups is 1. The molecule has 0 bridgehead atoms. The van der Waals surface area contributed by atoms with Crippen molar-refractivity contribution in [3.05, 3.63) is 0 Å². The molecule has 1 nitrogen and oxygen atoms in total. The molecule has 1 heteroatoms. The highest BCUT2D eigenvalue weighted by Crippen LogP contribution is 2.39. The van der Waals surface area contributed by atoms with Crippen molar-refractivity contribution in [3.8, 4) is 0 Å². The molecule has 1 aliphatic carbocycles. The highest BCUT2D eigenvalue weighted by molar-refractivity contribution is 4.85. The average molecular weight is 198 g/mol. The van der Waals surface area contributed by atoms with Gasteiger partial charge in [0.1, 0.15) is 0 Å². The molecule has 3 unspecified atom stereocenters. The van der Waals surface area contributed by atoms with E-state index in [0.717, 1.165) is 11.8 Å². The molecule has 84 valence electrons. The van der Waals surface area contributed by atoms with Crippen molar-refractivity contribution in [1.82, 2.24) is 0 Å². The maximum absolute atomic E-state index is 10.2. The van der Waals surface area contributed by atoms with Crippen molar-refractivity contribution in [3.63, 3.8) is 0 Å². The number of hydrogen-bond acceptors (Lipinski definition) is 1. The first-order valence-electron chi connectivity index (χ1n) is 5.98. The Bertz CT molecular complexity index is 170. The lowest BCUT2D eigenvalue weighted by Crippen LogP contribution is -2.37. The maximum atomic E-state index is 10.2. The topological polar surface area (TPSA) is 20.2 Å². The molecule has 1 N–H and O–H groups in total. The SMILES string of the molecule is CC1CC(C)CC(C(O)C(C)(C)C)C1. The van der Waals surface area contributed by atoms with Crippen LogP contribution in [-0.2, 0) is 0 Å². The molecule has 0 amide bonds. The zero-order chi connectivity index (χ0) is 10.9. The molecule has 0 aromatic carbocycles. The lowest BCUT2D eigenvalue weighted by molar-refractivity contribution is -0.0180. The summed E-state index contributed by atoms with van der Waals surface area (Å²) in [4.78, 5) is 0. The molecule has 0 aliphatic heterocycles. The molecule has 1 fully saturated rings. The van der Waals surface area contributed by atoms with Crippen LogP contribution in [0, 0.1) is 23.2 Å². The van der Waals surface area contributed by atoms with E-state index in [2.05, 4.69) is 34.6 Å². The Morgan fingerprint density at radius 1 is 1.00 bits per heavy atom. The largest absolute Gasteiger partial charge is 0.392 e. The summed E-state index contributed by atoms with van der Waals surface area (Å²) in [5.41, 5.74) is 0.0431. The van der Waals surface area contributed by atoms with Gasteiger partial charge < -0.3 is 5.11 Å². The van der Waals surface area contributed by atoms with Gasteiger partial charge in [0, 0.05) is 0 Å². The van der Waals surface area contributed by atoms with Crippen molar-refractivity contribution < 1.29 is 5.11 Å². The van der Waals surface area contributed by atoms with Gasteiger partial charge in [-0.3, -0.25) is 0 Å². The molecule has 3 atom stereocenters. The summed E-state index contributed by atoms with van der Waals surface area (Å²) < 4.78 is 0. The first-order valence-corrected chi connectivity index (χ1v) is 5.98. The van der Waals surface area contributed by atoms with Crippen LogP contribution >= 0.6 is 0 Å².